The molecule has 0 unspecified atom stereocenters. The molecule has 2 aromatic rings. The summed E-state index contributed by atoms with van der Waals surface area (Å²) in [5, 5.41) is 4.14. The summed E-state index contributed by atoms with van der Waals surface area (Å²) < 4.78 is 20.4. The summed E-state index contributed by atoms with van der Waals surface area (Å²) in [6.45, 7) is 2.25. The third-order valence-electron chi connectivity index (χ3n) is 3.92. The van der Waals surface area contributed by atoms with E-state index < -0.39 is 0 Å². The van der Waals surface area contributed by atoms with Gasteiger partial charge in [0, 0.05) is 32.3 Å². The number of carbonyl (C=O) groups excluding carboxylic acids is 1. The Labute approximate surface area is 128 Å². The van der Waals surface area contributed by atoms with E-state index in [0.717, 1.165) is 0 Å². The molecule has 5 nitrogen and oxygen atoms in total. The first-order valence-electron chi connectivity index (χ1n) is 7.24. The largest absolute Gasteiger partial charge is 0.383 e. The zero-order valence-corrected chi connectivity index (χ0v) is 12.4. The average molecular weight is 303 g/mol. The van der Waals surface area contributed by atoms with E-state index in [-0.39, 0.29) is 17.6 Å². The van der Waals surface area contributed by atoms with E-state index in [9.17, 15) is 9.18 Å². The lowest BCUT2D eigenvalue weighted by Crippen LogP contribution is -2.48. The second kappa shape index (κ2) is 6.27. The summed E-state index contributed by atoms with van der Waals surface area (Å²) in [6, 6.07) is 6.74. The highest BCUT2D eigenvalue weighted by Gasteiger charge is 2.33. The van der Waals surface area contributed by atoms with Gasteiger partial charge in [-0.2, -0.15) is 5.10 Å². The van der Waals surface area contributed by atoms with Gasteiger partial charge in [0.2, 0.25) is 0 Å². The van der Waals surface area contributed by atoms with Crippen LogP contribution in [0.2, 0.25) is 0 Å². The number of rotatable bonds is 5. The molecule has 0 saturated carbocycles. The number of carbonyl (C=O) groups is 1. The molecule has 6 heteroatoms. The number of likely N-dealkylation sites (tertiary alicyclic amines) is 1. The maximum Gasteiger partial charge on any atom is 0.257 e. The van der Waals surface area contributed by atoms with Gasteiger partial charge in [-0.15, -0.1) is 0 Å². The molecule has 0 spiro atoms. The van der Waals surface area contributed by atoms with Crippen molar-refractivity contribution in [2.24, 2.45) is 0 Å². The van der Waals surface area contributed by atoms with Crippen LogP contribution in [0.25, 0.3) is 0 Å². The van der Waals surface area contributed by atoms with Crippen molar-refractivity contribution in [3.63, 3.8) is 0 Å². The zero-order valence-electron chi connectivity index (χ0n) is 12.4. The normalized spacial score (nSPS) is 14.9. The third kappa shape index (κ3) is 2.87. The molecule has 1 fully saturated rings. The van der Waals surface area contributed by atoms with Crippen LogP contribution in [-0.2, 0) is 11.3 Å². The van der Waals surface area contributed by atoms with Gasteiger partial charge in [0.1, 0.15) is 5.82 Å². The van der Waals surface area contributed by atoms with Crippen LogP contribution in [-0.4, -0.2) is 47.4 Å². The Kier molecular flexibility index (Phi) is 4.20. The van der Waals surface area contributed by atoms with Crippen LogP contribution in [0.15, 0.2) is 36.7 Å². The molecule has 1 aliphatic rings. The van der Waals surface area contributed by atoms with Crippen molar-refractivity contribution in [1.29, 1.82) is 0 Å². The van der Waals surface area contributed by atoms with Crippen LogP contribution in [0, 0.1) is 5.82 Å². The monoisotopic (exact) mass is 303 g/mol. The Balaban J connectivity index is 1.59. The number of amides is 1. The fourth-order valence-electron chi connectivity index (χ4n) is 2.61. The Hall–Kier alpha value is -2.21. The van der Waals surface area contributed by atoms with Gasteiger partial charge >= 0.3 is 0 Å². The van der Waals surface area contributed by atoms with Gasteiger partial charge < -0.3 is 9.64 Å². The SMILES string of the molecule is COCCn1cc(C(=O)N2CC(c3ccccc3F)C2)cn1. The molecule has 1 aliphatic heterocycles. The molecule has 22 heavy (non-hydrogen) atoms. The predicted molar refractivity (Wildman–Crippen MR) is 79.1 cm³/mol. The van der Waals surface area contributed by atoms with Crippen LogP contribution in [0.5, 0.6) is 0 Å². The molecule has 2 heterocycles. The van der Waals surface area contributed by atoms with E-state index in [0.29, 0.717) is 37.4 Å². The van der Waals surface area contributed by atoms with Crippen LogP contribution >= 0.6 is 0 Å². The number of halogens is 1. The number of nitrogens with zero attached hydrogens (tertiary/aromatic N) is 3. The summed E-state index contributed by atoms with van der Waals surface area (Å²) in [6.07, 6.45) is 3.28. The molecule has 1 amide bonds. The van der Waals surface area contributed by atoms with Crippen molar-refractivity contribution in [2.75, 3.05) is 26.8 Å². The van der Waals surface area contributed by atoms with E-state index >= 15 is 0 Å². The number of aromatic nitrogens is 2. The van der Waals surface area contributed by atoms with Gasteiger partial charge in [-0.05, 0) is 11.6 Å². The lowest BCUT2D eigenvalue weighted by Gasteiger charge is -2.39. The maximum absolute atomic E-state index is 13.7. The zero-order chi connectivity index (χ0) is 15.5. The van der Waals surface area contributed by atoms with E-state index in [1.54, 1.807) is 41.2 Å². The van der Waals surface area contributed by atoms with Crippen LogP contribution in [0.4, 0.5) is 4.39 Å². The van der Waals surface area contributed by atoms with Gasteiger partial charge in [0.15, 0.2) is 0 Å². The van der Waals surface area contributed by atoms with Crippen molar-refractivity contribution in [1.82, 2.24) is 14.7 Å². The quantitative estimate of drug-likeness (QED) is 0.847. The van der Waals surface area contributed by atoms with Crippen molar-refractivity contribution < 1.29 is 13.9 Å². The van der Waals surface area contributed by atoms with Gasteiger partial charge in [0.05, 0.1) is 24.9 Å². The van der Waals surface area contributed by atoms with Gasteiger partial charge in [-0.25, -0.2) is 4.39 Å². The topological polar surface area (TPSA) is 47.4 Å². The third-order valence-corrected chi connectivity index (χ3v) is 3.92. The molecule has 3 rings (SSSR count). The average Bonchev–Trinajstić information content (AvgIpc) is 2.94. The predicted octanol–water partition coefficient (Wildman–Crippen LogP) is 1.91. The summed E-state index contributed by atoms with van der Waals surface area (Å²) in [7, 11) is 1.62. The molecular weight excluding hydrogens is 285 g/mol. The first-order valence-corrected chi connectivity index (χ1v) is 7.24. The molecule has 0 N–H and O–H groups in total. The fourth-order valence-corrected chi connectivity index (χ4v) is 2.61. The lowest BCUT2D eigenvalue weighted by atomic mass is 9.90. The highest BCUT2D eigenvalue weighted by Crippen LogP contribution is 2.29. The first-order chi connectivity index (χ1) is 10.7. The molecule has 1 saturated heterocycles. The minimum atomic E-state index is -0.202. The molecule has 0 radical (unpaired) electrons. The van der Waals surface area contributed by atoms with Crippen molar-refractivity contribution in [3.05, 3.63) is 53.6 Å². The first kappa shape index (κ1) is 14.7. The summed E-state index contributed by atoms with van der Waals surface area (Å²) >= 11 is 0. The molecule has 1 aromatic heterocycles. The summed E-state index contributed by atoms with van der Waals surface area (Å²) in [5.74, 6) is -0.183. The van der Waals surface area contributed by atoms with Gasteiger partial charge in [-0.3, -0.25) is 9.48 Å². The van der Waals surface area contributed by atoms with E-state index in [1.807, 2.05) is 6.07 Å². The van der Waals surface area contributed by atoms with Crippen molar-refractivity contribution >= 4 is 5.91 Å². The van der Waals surface area contributed by atoms with Crippen molar-refractivity contribution in [2.45, 2.75) is 12.5 Å². The molecule has 0 bridgehead atoms. The van der Waals surface area contributed by atoms with Crippen molar-refractivity contribution in [3.8, 4) is 0 Å². The standard InChI is InChI=1S/C16H18FN3O2/c1-22-7-6-20-11-12(8-18-20)16(21)19-9-13(10-19)14-4-2-3-5-15(14)17/h2-5,8,11,13H,6-7,9-10H2,1H3. The minimum Gasteiger partial charge on any atom is -0.383 e. The van der Waals surface area contributed by atoms with Gasteiger partial charge in [0.25, 0.3) is 5.91 Å². The number of benzene rings is 1. The highest BCUT2D eigenvalue weighted by molar-refractivity contribution is 5.94. The summed E-state index contributed by atoms with van der Waals surface area (Å²) in [4.78, 5) is 14.0. The number of hydrogen-bond donors (Lipinski definition) is 0. The molecule has 1 aromatic carbocycles. The fraction of sp³-hybridized carbons (Fsp3) is 0.375. The number of methoxy groups -OCH3 is 1. The Bertz CT molecular complexity index is 665. The molecule has 0 atom stereocenters. The van der Waals surface area contributed by atoms with Crippen LogP contribution in [0.3, 0.4) is 0 Å². The van der Waals surface area contributed by atoms with Crippen LogP contribution < -0.4 is 0 Å². The second-order valence-electron chi connectivity index (χ2n) is 5.41. The Morgan fingerprint density at radius 2 is 2.18 bits per heavy atom. The molecular formula is C16H18FN3O2. The minimum absolute atomic E-state index is 0.0590. The molecule has 116 valence electrons. The van der Waals surface area contributed by atoms with Crippen LogP contribution in [0.1, 0.15) is 21.8 Å². The molecule has 0 aliphatic carbocycles. The number of hydrogen-bond acceptors (Lipinski definition) is 3. The Morgan fingerprint density at radius 1 is 1.41 bits per heavy atom. The second-order valence-corrected chi connectivity index (χ2v) is 5.41. The smallest absolute Gasteiger partial charge is 0.257 e. The Morgan fingerprint density at radius 3 is 2.91 bits per heavy atom. The lowest BCUT2D eigenvalue weighted by molar-refractivity contribution is 0.0598. The highest BCUT2D eigenvalue weighted by atomic mass is 19.1. The van der Waals surface area contributed by atoms with E-state index in [4.69, 9.17) is 4.74 Å². The summed E-state index contributed by atoms with van der Waals surface area (Å²) in [5.41, 5.74) is 1.24. The van der Waals surface area contributed by atoms with E-state index in [2.05, 4.69) is 5.10 Å². The van der Waals surface area contributed by atoms with E-state index in [1.165, 1.54) is 6.07 Å². The van der Waals surface area contributed by atoms with Gasteiger partial charge in [-0.1, -0.05) is 18.2 Å². The number of ether oxygens (including phenoxy) is 1. The maximum atomic E-state index is 13.7.